The van der Waals surface area contributed by atoms with Gasteiger partial charge < -0.3 is 10.1 Å². The van der Waals surface area contributed by atoms with Crippen LogP contribution >= 0.6 is 0 Å². The molecule has 1 aromatic carbocycles. The van der Waals surface area contributed by atoms with Crippen LogP contribution in [-0.2, 0) is 11.2 Å². The zero-order valence-corrected chi connectivity index (χ0v) is 17.2. The van der Waals surface area contributed by atoms with Crippen molar-refractivity contribution in [3.8, 4) is 11.4 Å². The lowest BCUT2D eigenvalue weighted by molar-refractivity contribution is -0.0365. The first-order valence-corrected chi connectivity index (χ1v) is 10.5. The largest absolute Gasteiger partial charge is 0.356 e. The van der Waals surface area contributed by atoms with Gasteiger partial charge in [0, 0.05) is 31.7 Å². The number of rotatable bonds is 2. The number of aromatic nitrogens is 3. The summed E-state index contributed by atoms with van der Waals surface area (Å²) in [4.78, 5) is 18.6. The zero-order chi connectivity index (χ0) is 21.5. The topological polar surface area (TPSA) is 72.3 Å². The summed E-state index contributed by atoms with van der Waals surface area (Å²) in [6, 6.07) is 5.77. The van der Waals surface area contributed by atoms with Crippen molar-refractivity contribution in [1.82, 2.24) is 20.1 Å². The number of fused-ring (bicyclic) bond motifs is 2. The zero-order valence-electron chi connectivity index (χ0n) is 17.2. The summed E-state index contributed by atoms with van der Waals surface area (Å²) < 4.78 is 35.7. The Kier molecular flexibility index (Phi) is 5.05. The molecule has 1 saturated heterocycles. The third-order valence-electron chi connectivity index (χ3n) is 5.91. The second-order valence-electron chi connectivity index (χ2n) is 7.87. The van der Waals surface area contributed by atoms with Gasteiger partial charge in [-0.15, -0.1) is 0 Å². The number of nitrogens with one attached hydrogen (secondary N) is 1. The molecule has 2 aliphatic rings. The summed E-state index contributed by atoms with van der Waals surface area (Å²) in [5.41, 5.74) is 3.05. The first-order valence-electron chi connectivity index (χ1n) is 10.5. The van der Waals surface area contributed by atoms with Crippen LogP contribution in [-0.4, -0.2) is 41.0 Å². The molecule has 0 saturated carbocycles. The van der Waals surface area contributed by atoms with E-state index in [2.05, 4.69) is 10.4 Å². The lowest BCUT2D eigenvalue weighted by Crippen LogP contribution is -2.41. The first-order chi connectivity index (χ1) is 15.1. The molecule has 1 unspecified atom stereocenters. The molecular formula is C22H23F2N5O2. The van der Waals surface area contributed by atoms with Gasteiger partial charge in [0.05, 0.1) is 22.6 Å². The van der Waals surface area contributed by atoms with Crippen molar-refractivity contribution >= 4 is 22.6 Å². The predicted octanol–water partition coefficient (Wildman–Crippen LogP) is 4.17. The van der Waals surface area contributed by atoms with Crippen molar-refractivity contribution in [3.63, 3.8) is 0 Å². The van der Waals surface area contributed by atoms with E-state index in [-0.39, 0.29) is 12.3 Å². The summed E-state index contributed by atoms with van der Waals surface area (Å²) in [5.74, 6) is -1.85. The number of carbonyl (C=O) groups is 1. The predicted molar refractivity (Wildman–Crippen MR) is 112 cm³/mol. The molecule has 0 spiro atoms. The van der Waals surface area contributed by atoms with Gasteiger partial charge in [0.2, 0.25) is 0 Å². The van der Waals surface area contributed by atoms with Gasteiger partial charge in [-0.1, -0.05) is 0 Å². The Balaban J connectivity index is 1.63. The van der Waals surface area contributed by atoms with E-state index in [0.717, 1.165) is 43.5 Å². The second-order valence-corrected chi connectivity index (χ2v) is 7.87. The van der Waals surface area contributed by atoms with E-state index in [1.807, 2.05) is 6.07 Å². The minimum atomic E-state index is -0.929. The number of hydrogen-bond acceptors (Lipinski definition) is 4. The molecule has 1 N–H and O–H groups in total. The third kappa shape index (κ3) is 3.42. The molecule has 4 heterocycles. The van der Waals surface area contributed by atoms with Crippen LogP contribution in [0.25, 0.3) is 22.3 Å². The fraction of sp³-hybridized carbons (Fsp3) is 0.409. The molecule has 7 nitrogen and oxygen atoms in total. The quantitative estimate of drug-likeness (QED) is 0.666. The molecule has 162 valence electrons. The van der Waals surface area contributed by atoms with Crippen molar-refractivity contribution in [2.45, 2.75) is 38.3 Å². The molecule has 2 aromatic heterocycles. The fourth-order valence-corrected chi connectivity index (χ4v) is 4.38. The highest BCUT2D eigenvalue weighted by Gasteiger charge is 2.26. The highest BCUT2D eigenvalue weighted by molar-refractivity contribution is 5.95. The van der Waals surface area contributed by atoms with Gasteiger partial charge in [0.15, 0.2) is 17.9 Å². The number of urea groups is 1. The summed E-state index contributed by atoms with van der Waals surface area (Å²) in [7, 11) is 1.60. The average molecular weight is 427 g/mol. The molecule has 2 aliphatic heterocycles. The van der Waals surface area contributed by atoms with Crippen molar-refractivity contribution in [2.75, 3.05) is 25.1 Å². The molecule has 0 radical (unpaired) electrons. The smallest absolute Gasteiger partial charge is 0.321 e. The van der Waals surface area contributed by atoms with E-state index in [0.29, 0.717) is 35.4 Å². The van der Waals surface area contributed by atoms with Gasteiger partial charge >= 0.3 is 6.03 Å². The molecule has 0 aliphatic carbocycles. The molecule has 31 heavy (non-hydrogen) atoms. The van der Waals surface area contributed by atoms with Crippen molar-refractivity contribution in [3.05, 3.63) is 41.6 Å². The van der Waals surface area contributed by atoms with Crippen molar-refractivity contribution < 1.29 is 18.3 Å². The number of hydrogen-bond donors (Lipinski definition) is 1. The van der Waals surface area contributed by atoms with Gasteiger partial charge in [-0.3, -0.25) is 4.90 Å². The van der Waals surface area contributed by atoms with Crippen molar-refractivity contribution in [1.29, 1.82) is 0 Å². The third-order valence-corrected chi connectivity index (χ3v) is 5.91. The second kappa shape index (κ2) is 7.88. The molecular weight excluding hydrogens is 404 g/mol. The Hall–Kier alpha value is -3.07. The first kappa shape index (κ1) is 19.9. The minimum Gasteiger partial charge on any atom is -0.356 e. The maximum atomic E-state index is 14.1. The number of ether oxygens (including phenoxy) is 1. The summed E-state index contributed by atoms with van der Waals surface area (Å²) in [6.45, 7) is 1.23. The molecule has 2 amide bonds. The lowest BCUT2D eigenvalue weighted by atomic mass is 10.1. The highest BCUT2D eigenvalue weighted by atomic mass is 19.2. The normalized spacial score (nSPS) is 18.8. The summed E-state index contributed by atoms with van der Waals surface area (Å²) >= 11 is 0. The van der Waals surface area contributed by atoms with Crippen LogP contribution in [0.2, 0.25) is 0 Å². The molecule has 9 heteroatoms. The average Bonchev–Trinajstić information content (AvgIpc) is 3.16. The van der Waals surface area contributed by atoms with E-state index in [9.17, 15) is 13.6 Å². The van der Waals surface area contributed by atoms with Crippen LogP contribution in [0, 0.1) is 11.6 Å². The van der Waals surface area contributed by atoms with E-state index in [1.165, 1.54) is 12.1 Å². The van der Waals surface area contributed by atoms with Gasteiger partial charge in [0.1, 0.15) is 5.69 Å². The van der Waals surface area contributed by atoms with E-state index in [1.54, 1.807) is 22.7 Å². The SMILES string of the molecule is CNC(=O)N1CCCc2nc(-c3nn(C4CCCCO4)c4cc(F)c(F)cc34)ccc21. The number of halogens is 2. The van der Waals surface area contributed by atoms with Crippen LogP contribution in [0.1, 0.15) is 37.6 Å². The summed E-state index contributed by atoms with van der Waals surface area (Å²) in [6.07, 6.45) is 3.91. The van der Waals surface area contributed by atoms with Gasteiger partial charge in [0.25, 0.3) is 0 Å². The van der Waals surface area contributed by atoms with Crippen LogP contribution < -0.4 is 10.2 Å². The Bertz CT molecular complexity index is 1160. The Morgan fingerprint density at radius 3 is 2.81 bits per heavy atom. The maximum Gasteiger partial charge on any atom is 0.321 e. The number of aryl methyl sites for hydroxylation is 1. The van der Waals surface area contributed by atoms with Crippen LogP contribution in [0.15, 0.2) is 24.3 Å². The van der Waals surface area contributed by atoms with E-state index >= 15 is 0 Å². The standard InChI is InChI=1S/C22H23F2N5O2/c1-25-22(30)28-9-4-5-16-18(28)8-7-17(26-16)21-13-11-14(23)15(24)12-19(13)29(27-21)20-6-2-3-10-31-20/h7-8,11-12,20H,2-6,9-10H2,1H3,(H,25,30). The van der Waals surface area contributed by atoms with E-state index < -0.39 is 11.6 Å². The van der Waals surface area contributed by atoms with E-state index in [4.69, 9.17) is 9.72 Å². The molecule has 3 aromatic rings. The molecule has 0 bridgehead atoms. The number of amides is 2. The Morgan fingerprint density at radius 2 is 2.03 bits per heavy atom. The fourth-order valence-electron chi connectivity index (χ4n) is 4.38. The molecule has 5 rings (SSSR count). The Morgan fingerprint density at radius 1 is 1.19 bits per heavy atom. The minimum absolute atomic E-state index is 0.183. The number of anilines is 1. The van der Waals surface area contributed by atoms with Gasteiger partial charge in [-0.05, 0) is 50.3 Å². The van der Waals surface area contributed by atoms with Crippen LogP contribution in [0.5, 0.6) is 0 Å². The van der Waals surface area contributed by atoms with Crippen LogP contribution in [0.4, 0.5) is 19.3 Å². The number of pyridine rings is 1. The maximum absolute atomic E-state index is 14.1. The number of carbonyl (C=O) groups excluding carboxylic acids is 1. The van der Waals surface area contributed by atoms with Gasteiger partial charge in [-0.25, -0.2) is 23.2 Å². The highest BCUT2D eigenvalue weighted by Crippen LogP contribution is 2.35. The Labute approximate surface area is 178 Å². The number of benzene rings is 1. The summed E-state index contributed by atoms with van der Waals surface area (Å²) in [5, 5.41) is 7.82. The monoisotopic (exact) mass is 427 g/mol. The van der Waals surface area contributed by atoms with Crippen molar-refractivity contribution in [2.24, 2.45) is 0 Å². The molecule has 1 fully saturated rings. The lowest BCUT2D eigenvalue weighted by Gasteiger charge is -2.28. The van der Waals surface area contributed by atoms with Gasteiger partial charge in [-0.2, -0.15) is 5.10 Å². The van der Waals surface area contributed by atoms with Crippen LogP contribution in [0.3, 0.4) is 0 Å². The number of nitrogens with zero attached hydrogens (tertiary/aromatic N) is 4. The molecule has 1 atom stereocenters.